The van der Waals surface area contributed by atoms with Gasteiger partial charge in [0.2, 0.25) is 0 Å². The van der Waals surface area contributed by atoms with Crippen LogP contribution in [-0.2, 0) is 6.54 Å². The van der Waals surface area contributed by atoms with Crippen LogP contribution in [0.4, 0.5) is 4.39 Å². The predicted octanol–water partition coefficient (Wildman–Crippen LogP) is 2.82. The van der Waals surface area contributed by atoms with Crippen molar-refractivity contribution < 1.29 is 4.39 Å². The van der Waals surface area contributed by atoms with E-state index in [9.17, 15) is 4.39 Å². The standard InChI is InChI=1S/C13H18BrFN2/c1-9(7-17-11-3-4-11)16-8-10-2-5-12(14)13(15)6-10/h2,5-6,9,11,16-17H,3-4,7-8H2,1H3. The molecule has 1 aliphatic rings. The van der Waals surface area contributed by atoms with Crippen LogP contribution in [0.5, 0.6) is 0 Å². The molecule has 2 rings (SSSR count). The maximum Gasteiger partial charge on any atom is 0.137 e. The van der Waals surface area contributed by atoms with E-state index in [4.69, 9.17) is 0 Å². The van der Waals surface area contributed by atoms with Crippen LogP contribution < -0.4 is 10.6 Å². The highest BCUT2D eigenvalue weighted by atomic mass is 79.9. The molecule has 0 saturated heterocycles. The summed E-state index contributed by atoms with van der Waals surface area (Å²) in [6.45, 7) is 3.83. The molecular formula is C13H18BrFN2. The average molecular weight is 301 g/mol. The fourth-order valence-corrected chi connectivity index (χ4v) is 1.89. The van der Waals surface area contributed by atoms with Crippen LogP contribution in [-0.4, -0.2) is 18.6 Å². The van der Waals surface area contributed by atoms with Gasteiger partial charge in [0.25, 0.3) is 0 Å². The van der Waals surface area contributed by atoms with Crippen LogP contribution in [0, 0.1) is 5.82 Å². The summed E-state index contributed by atoms with van der Waals surface area (Å²) in [5.74, 6) is -0.201. The molecule has 1 aromatic rings. The third-order valence-electron chi connectivity index (χ3n) is 2.93. The Bertz CT molecular complexity index is 380. The number of nitrogens with one attached hydrogen (secondary N) is 2. The SMILES string of the molecule is CC(CNC1CC1)NCc1ccc(Br)c(F)c1. The largest absolute Gasteiger partial charge is 0.312 e. The van der Waals surface area contributed by atoms with E-state index in [-0.39, 0.29) is 5.82 Å². The highest BCUT2D eigenvalue weighted by molar-refractivity contribution is 9.10. The number of rotatable bonds is 6. The molecule has 1 aromatic carbocycles. The van der Waals surface area contributed by atoms with E-state index in [1.165, 1.54) is 12.8 Å². The van der Waals surface area contributed by atoms with Crippen molar-refractivity contribution in [1.29, 1.82) is 0 Å². The maximum absolute atomic E-state index is 13.3. The number of hydrogen-bond acceptors (Lipinski definition) is 2. The minimum absolute atomic E-state index is 0.201. The number of halogens is 2. The molecular weight excluding hydrogens is 283 g/mol. The van der Waals surface area contributed by atoms with Gasteiger partial charge in [-0.25, -0.2) is 4.39 Å². The van der Waals surface area contributed by atoms with Crippen molar-refractivity contribution in [2.45, 2.75) is 38.4 Å². The van der Waals surface area contributed by atoms with Gasteiger partial charge in [-0.05, 0) is 53.4 Å². The van der Waals surface area contributed by atoms with Crippen molar-refractivity contribution in [2.24, 2.45) is 0 Å². The Morgan fingerprint density at radius 2 is 2.24 bits per heavy atom. The Labute approximate surface area is 110 Å². The molecule has 0 radical (unpaired) electrons. The molecule has 2 nitrogen and oxygen atoms in total. The van der Waals surface area contributed by atoms with Crippen LogP contribution >= 0.6 is 15.9 Å². The van der Waals surface area contributed by atoms with Crippen molar-refractivity contribution >= 4 is 15.9 Å². The van der Waals surface area contributed by atoms with Crippen molar-refractivity contribution in [1.82, 2.24) is 10.6 Å². The van der Waals surface area contributed by atoms with Gasteiger partial charge in [-0.3, -0.25) is 0 Å². The molecule has 1 atom stereocenters. The van der Waals surface area contributed by atoms with Gasteiger partial charge in [0.1, 0.15) is 5.82 Å². The lowest BCUT2D eigenvalue weighted by Gasteiger charge is -2.14. The van der Waals surface area contributed by atoms with Crippen LogP contribution in [0.2, 0.25) is 0 Å². The van der Waals surface area contributed by atoms with Gasteiger partial charge in [-0.1, -0.05) is 6.07 Å². The summed E-state index contributed by atoms with van der Waals surface area (Å²) in [6, 6.07) is 6.39. The highest BCUT2D eigenvalue weighted by Crippen LogP contribution is 2.18. The topological polar surface area (TPSA) is 24.1 Å². The molecule has 1 fully saturated rings. The molecule has 0 aromatic heterocycles. The van der Waals surface area contributed by atoms with Gasteiger partial charge < -0.3 is 10.6 Å². The zero-order valence-electron chi connectivity index (χ0n) is 9.97. The summed E-state index contributed by atoms with van der Waals surface area (Å²) in [6.07, 6.45) is 2.62. The summed E-state index contributed by atoms with van der Waals surface area (Å²) < 4.78 is 13.8. The first kappa shape index (κ1) is 13.0. The molecule has 0 amide bonds. The minimum Gasteiger partial charge on any atom is -0.312 e. The summed E-state index contributed by atoms with van der Waals surface area (Å²) in [5, 5.41) is 6.85. The van der Waals surface area contributed by atoms with E-state index in [0.29, 0.717) is 17.1 Å². The van der Waals surface area contributed by atoms with Crippen molar-refractivity contribution in [3.63, 3.8) is 0 Å². The number of benzene rings is 1. The van der Waals surface area contributed by atoms with E-state index < -0.39 is 0 Å². The smallest absolute Gasteiger partial charge is 0.137 e. The van der Waals surface area contributed by atoms with Gasteiger partial charge in [0.05, 0.1) is 4.47 Å². The molecule has 1 aliphatic carbocycles. The molecule has 0 aliphatic heterocycles. The minimum atomic E-state index is -0.201. The van der Waals surface area contributed by atoms with Crippen LogP contribution in [0.15, 0.2) is 22.7 Å². The lowest BCUT2D eigenvalue weighted by Crippen LogP contribution is -2.36. The quantitative estimate of drug-likeness (QED) is 0.844. The van der Waals surface area contributed by atoms with Crippen molar-refractivity contribution in [3.05, 3.63) is 34.1 Å². The summed E-state index contributed by atoms with van der Waals surface area (Å²) >= 11 is 3.15. The van der Waals surface area contributed by atoms with Gasteiger partial charge in [-0.15, -0.1) is 0 Å². The van der Waals surface area contributed by atoms with Crippen molar-refractivity contribution in [3.8, 4) is 0 Å². The van der Waals surface area contributed by atoms with E-state index >= 15 is 0 Å². The fourth-order valence-electron chi connectivity index (χ4n) is 1.64. The highest BCUT2D eigenvalue weighted by Gasteiger charge is 2.20. The summed E-state index contributed by atoms with van der Waals surface area (Å²) in [4.78, 5) is 0. The second kappa shape index (κ2) is 5.94. The zero-order chi connectivity index (χ0) is 12.3. The van der Waals surface area contributed by atoms with Gasteiger partial charge in [0, 0.05) is 25.2 Å². The first-order valence-corrected chi connectivity index (χ1v) is 6.85. The lowest BCUT2D eigenvalue weighted by atomic mass is 10.2. The molecule has 1 unspecified atom stereocenters. The molecule has 0 spiro atoms. The summed E-state index contributed by atoms with van der Waals surface area (Å²) in [7, 11) is 0. The Kier molecular flexibility index (Phi) is 4.54. The molecule has 94 valence electrons. The van der Waals surface area contributed by atoms with E-state index in [1.807, 2.05) is 6.07 Å². The molecule has 0 heterocycles. The second-order valence-corrected chi connectivity index (χ2v) is 5.57. The Hall–Kier alpha value is -0.450. The van der Waals surface area contributed by atoms with E-state index in [1.54, 1.807) is 12.1 Å². The molecule has 17 heavy (non-hydrogen) atoms. The Morgan fingerprint density at radius 1 is 1.47 bits per heavy atom. The Morgan fingerprint density at radius 3 is 2.88 bits per heavy atom. The molecule has 4 heteroatoms. The second-order valence-electron chi connectivity index (χ2n) is 4.71. The lowest BCUT2D eigenvalue weighted by molar-refractivity contribution is 0.498. The average Bonchev–Trinajstić information content (AvgIpc) is 3.12. The molecule has 0 bridgehead atoms. The number of hydrogen-bond donors (Lipinski definition) is 2. The first-order chi connectivity index (χ1) is 8.15. The third-order valence-corrected chi connectivity index (χ3v) is 3.57. The van der Waals surface area contributed by atoms with E-state index in [2.05, 4.69) is 33.5 Å². The fraction of sp³-hybridized carbons (Fsp3) is 0.538. The first-order valence-electron chi connectivity index (χ1n) is 6.06. The Balaban J connectivity index is 1.73. The van der Waals surface area contributed by atoms with Crippen LogP contribution in [0.25, 0.3) is 0 Å². The third kappa shape index (κ3) is 4.37. The van der Waals surface area contributed by atoms with Gasteiger partial charge in [-0.2, -0.15) is 0 Å². The normalized spacial score (nSPS) is 17.1. The molecule has 2 N–H and O–H groups in total. The van der Waals surface area contributed by atoms with Gasteiger partial charge >= 0.3 is 0 Å². The van der Waals surface area contributed by atoms with Crippen molar-refractivity contribution in [2.75, 3.05) is 6.54 Å². The maximum atomic E-state index is 13.3. The molecule has 1 saturated carbocycles. The van der Waals surface area contributed by atoms with Gasteiger partial charge in [0.15, 0.2) is 0 Å². The van der Waals surface area contributed by atoms with E-state index in [0.717, 1.165) is 18.2 Å². The zero-order valence-corrected chi connectivity index (χ0v) is 11.6. The van der Waals surface area contributed by atoms with Crippen LogP contribution in [0.1, 0.15) is 25.3 Å². The van der Waals surface area contributed by atoms with Crippen LogP contribution in [0.3, 0.4) is 0 Å². The summed E-state index contributed by atoms with van der Waals surface area (Å²) in [5.41, 5.74) is 0.976. The monoisotopic (exact) mass is 300 g/mol. The predicted molar refractivity (Wildman–Crippen MR) is 71.4 cm³/mol.